The van der Waals surface area contributed by atoms with Gasteiger partial charge in [0.15, 0.2) is 0 Å². The summed E-state index contributed by atoms with van der Waals surface area (Å²) < 4.78 is 1.16. The molecule has 0 amide bonds. The molecule has 1 saturated carbocycles. The van der Waals surface area contributed by atoms with Crippen LogP contribution in [0.3, 0.4) is 0 Å². The number of aromatic nitrogens is 2. The third-order valence-corrected chi connectivity index (χ3v) is 8.35. The standard InChI is InChI=1S/C22H25N3OS2/c1-13-9-14(13)3-2-4-15(26)10-19-21(16-5-7-24-12-20(16)27-19)22-25-17-11-23-8-6-18(17)28-22/h6,8,11,13-14,24H,2-5,7,9-10,12H2,1H3. The number of Topliss-reactive ketones (excluding diaryl/α,β-unsaturated/α-hetero) is 1. The maximum absolute atomic E-state index is 12.7. The van der Waals surface area contributed by atoms with Crippen LogP contribution in [-0.2, 0) is 24.2 Å². The molecule has 146 valence electrons. The van der Waals surface area contributed by atoms with Crippen molar-refractivity contribution in [3.05, 3.63) is 33.8 Å². The number of rotatable bonds is 7. The van der Waals surface area contributed by atoms with Crippen LogP contribution in [0, 0.1) is 11.8 Å². The molecule has 4 heterocycles. The molecule has 0 bridgehead atoms. The first-order chi connectivity index (χ1) is 13.7. The van der Waals surface area contributed by atoms with Gasteiger partial charge in [-0.15, -0.1) is 22.7 Å². The molecule has 4 nitrogen and oxygen atoms in total. The minimum Gasteiger partial charge on any atom is -0.312 e. The average Bonchev–Trinajstić information content (AvgIpc) is 3.10. The summed E-state index contributed by atoms with van der Waals surface area (Å²) in [6.07, 6.45) is 9.56. The van der Waals surface area contributed by atoms with Crippen molar-refractivity contribution in [1.29, 1.82) is 0 Å². The number of hydrogen-bond acceptors (Lipinski definition) is 6. The van der Waals surface area contributed by atoms with E-state index in [9.17, 15) is 4.79 Å². The van der Waals surface area contributed by atoms with Gasteiger partial charge < -0.3 is 5.32 Å². The quantitative estimate of drug-likeness (QED) is 0.594. The Morgan fingerprint density at radius 1 is 1.36 bits per heavy atom. The van der Waals surface area contributed by atoms with Gasteiger partial charge in [-0.3, -0.25) is 9.78 Å². The Morgan fingerprint density at radius 3 is 3.07 bits per heavy atom. The van der Waals surface area contributed by atoms with Crippen LogP contribution in [0.4, 0.5) is 0 Å². The van der Waals surface area contributed by atoms with E-state index < -0.39 is 0 Å². The third-order valence-electron chi connectivity index (χ3n) is 6.07. The zero-order valence-electron chi connectivity index (χ0n) is 16.2. The molecule has 0 radical (unpaired) electrons. The number of pyridine rings is 1. The number of nitrogens with one attached hydrogen (secondary N) is 1. The molecule has 0 aromatic carbocycles. The molecule has 1 aliphatic heterocycles. The maximum Gasteiger partial charge on any atom is 0.138 e. The molecule has 2 unspecified atom stereocenters. The third kappa shape index (κ3) is 3.65. The molecule has 0 saturated heterocycles. The van der Waals surface area contributed by atoms with Crippen molar-refractivity contribution in [2.45, 2.75) is 52.0 Å². The fourth-order valence-corrected chi connectivity index (χ4v) is 6.73. The van der Waals surface area contributed by atoms with Gasteiger partial charge in [-0.25, -0.2) is 4.98 Å². The highest BCUT2D eigenvalue weighted by atomic mass is 32.1. The van der Waals surface area contributed by atoms with Gasteiger partial charge in [0.1, 0.15) is 16.3 Å². The average molecular weight is 412 g/mol. The van der Waals surface area contributed by atoms with Gasteiger partial charge in [0.05, 0.1) is 10.9 Å². The molecule has 1 fully saturated rings. The van der Waals surface area contributed by atoms with Crippen LogP contribution in [0.2, 0.25) is 0 Å². The highest BCUT2D eigenvalue weighted by Gasteiger charge is 2.31. The van der Waals surface area contributed by atoms with Crippen molar-refractivity contribution in [2.24, 2.45) is 11.8 Å². The van der Waals surface area contributed by atoms with E-state index in [0.29, 0.717) is 18.6 Å². The number of thiophene rings is 1. The zero-order chi connectivity index (χ0) is 19.1. The molecule has 2 aliphatic rings. The lowest BCUT2D eigenvalue weighted by atomic mass is 10.00. The first kappa shape index (κ1) is 18.4. The van der Waals surface area contributed by atoms with Crippen molar-refractivity contribution in [3.8, 4) is 10.6 Å². The van der Waals surface area contributed by atoms with Crippen LogP contribution in [0.15, 0.2) is 18.5 Å². The predicted molar refractivity (Wildman–Crippen MR) is 116 cm³/mol. The molecule has 5 rings (SSSR count). The molecule has 3 aromatic heterocycles. The van der Waals surface area contributed by atoms with Gasteiger partial charge in [0.25, 0.3) is 0 Å². The Labute approximate surface area is 173 Å². The van der Waals surface area contributed by atoms with Crippen molar-refractivity contribution < 1.29 is 4.79 Å². The summed E-state index contributed by atoms with van der Waals surface area (Å²) in [4.78, 5) is 24.4. The van der Waals surface area contributed by atoms with Crippen LogP contribution in [0.5, 0.6) is 0 Å². The minimum atomic E-state index is 0.379. The summed E-state index contributed by atoms with van der Waals surface area (Å²) in [5.41, 5.74) is 3.60. The summed E-state index contributed by atoms with van der Waals surface area (Å²) >= 11 is 3.54. The summed E-state index contributed by atoms with van der Waals surface area (Å²) in [5.74, 6) is 2.13. The molecule has 6 heteroatoms. The fourth-order valence-electron chi connectivity index (χ4n) is 4.28. The van der Waals surface area contributed by atoms with Gasteiger partial charge in [0.2, 0.25) is 0 Å². The summed E-state index contributed by atoms with van der Waals surface area (Å²) in [5, 5.41) is 4.52. The van der Waals surface area contributed by atoms with Crippen molar-refractivity contribution in [1.82, 2.24) is 15.3 Å². The number of hydrogen-bond donors (Lipinski definition) is 1. The van der Waals surface area contributed by atoms with Crippen molar-refractivity contribution in [3.63, 3.8) is 0 Å². The van der Waals surface area contributed by atoms with E-state index in [-0.39, 0.29) is 0 Å². The van der Waals surface area contributed by atoms with Gasteiger partial charge in [-0.2, -0.15) is 0 Å². The Bertz CT molecular complexity index is 989. The van der Waals surface area contributed by atoms with Crippen molar-refractivity contribution >= 4 is 38.7 Å². The number of carbonyl (C=O) groups excluding carboxylic acids is 1. The molecule has 2 atom stereocenters. The first-order valence-electron chi connectivity index (χ1n) is 10.3. The highest BCUT2D eigenvalue weighted by molar-refractivity contribution is 7.22. The SMILES string of the molecule is CC1CC1CCCC(=O)Cc1sc2c(c1-c1nc3cnccc3s1)CCNC2. The second kappa shape index (κ2) is 7.65. The van der Waals surface area contributed by atoms with E-state index in [1.807, 2.05) is 29.8 Å². The minimum absolute atomic E-state index is 0.379. The van der Waals surface area contributed by atoms with E-state index in [2.05, 4.69) is 17.2 Å². The van der Waals surface area contributed by atoms with E-state index >= 15 is 0 Å². The lowest BCUT2D eigenvalue weighted by Crippen LogP contribution is -2.22. The number of carbonyl (C=O) groups is 1. The topological polar surface area (TPSA) is 54.9 Å². The smallest absolute Gasteiger partial charge is 0.138 e. The van der Waals surface area contributed by atoms with Gasteiger partial charge in [-0.1, -0.05) is 6.92 Å². The van der Waals surface area contributed by atoms with Crippen molar-refractivity contribution in [2.75, 3.05) is 6.54 Å². The van der Waals surface area contributed by atoms with E-state index in [1.165, 1.54) is 33.7 Å². The van der Waals surface area contributed by atoms with Gasteiger partial charge in [0, 0.05) is 40.9 Å². The molecule has 1 aliphatic carbocycles. The fraction of sp³-hybridized carbons (Fsp3) is 0.500. The van der Waals surface area contributed by atoms with Crippen LogP contribution < -0.4 is 5.32 Å². The molecular weight excluding hydrogens is 386 g/mol. The first-order valence-corrected chi connectivity index (χ1v) is 11.9. The van der Waals surface area contributed by atoms with Crippen LogP contribution in [0.25, 0.3) is 20.8 Å². The number of thiazole rings is 1. The Morgan fingerprint density at radius 2 is 2.25 bits per heavy atom. The zero-order valence-corrected chi connectivity index (χ0v) is 17.8. The van der Waals surface area contributed by atoms with Crippen LogP contribution in [-0.4, -0.2) is 22.3 Å². The van der Waals surface area contributed by atoms with E-state index in [4.69, 9.17) is 4.98 Å². The number of ketones is 1. The van der Waals surface area contributed by atoms with E-state index in [1.54, 1.807) is 11.3 Å². The number of fused-ring (bicyclic) bond motifs is 2. The lowest BCUT2D eigenvalue weighted by molar-refractivity contribution is -0.118. The Balaban J connectivity index is 1.40. The monoisotopic (exact) mass is 411 g/mol. The predicted octanol–water partition coefficient (Wildman–Crippen LogP) is 5.00. The highest BCUT2D eigenvalue weighted by Crippen LogP contribution is 2.43. The normalized spacial score (nSPS) is 21.0. The second-order valence-electron chi connectivity index (χ2n) is 8.17. The second-order valence-corrected chi connectivity index (χ2v) is 10.4. The molecule has 0 spiro atoms. The molecular formula is C22H25N3OS2. The van der Waals surface area contributed by atoms with Gasteiger partial charge in [-0.05, 0) is 55.7 Å². The molecule has 28 heavy (non-hydrogen) atoms. The maximum atomic E-state index is 12.7. The molecule has 3 aromatic rings. The summed E-state index contributed by atoms with van der Waals surface area (Å²) in [6.45, 7) is 4.22. The van der Waals surface area contributed by atoms with E-state index in [0.717, 1.165) is 53.0 Å². The van der Waals surface area contributed by atoms with Gasteiger partial charge >= 0.3 is 0 Å². The summed E-state index contributed by atoms with van der Waals surface area (Å²) in [7, 11) is 0. The molecule has 1 N–H and O–H groups in total. The lowest BCUT2D eigenvalue weighted by Gasteiger charge is -2.13. The number of nitrogens with zero attached hydrogens (tertiary/aromatic N) is 2. The Kier molecular flexibility index (Phi) is 5.03. The Hall–Kier alpha value is -1.63. The summed E-state index contributed by atoms with van der Waals surface area (Å²) in [6, 6.07) is 2.03. The van der Waals surface area contributed by atoms with Crippen LogP contribution >= 0.6 is 22.7 Å². The van der Waals surface area contributed by atoms with Crippen LogP contribution in [0.1, 0.15) is 47.9 Å². The largest absolute Gasteiger partial charge is 0.312 e.